The van der Waals surface area contributed by atoms with Crippen LogP contribution in [0.5, 0.6) is 0 Å². The number of hydrogen-bond donors (Lipinski definition) is 2. The Morgan fingerprint density at radius 2 is 1.42 bits per heavy atom. The Balaban J connectivity index is 1.36. The number of nitrogens with zero attached hydrogens (tertiary/aromatic N) is 2. The molecular weight excluding hydrogens is 478 g/mol. The number of carboxylic acids is 1. The molecule has 0 bridgehead atoms. The van der Waals surface area contributed by atoms with Crippen LogP contribution in [-0.4, -0.2) is 33.2 Å². The Bertz CT molecular complexity index is 1360. The predicted octanol–water partition coefficient (Wildman–Crippen LogP) is 6.03. The Labute approximate surface area is 222 Å². The van der Waals surface area contributed by atoms with E-state index in [2.05, 4.69) is 60.3 Å². The van der Waals surface area contributed by atoms with Crippen LogP contribution in [0.1, 0.15) is 37.5 Å². The van der Waals surface area contributed by atoms with Crippen LogP contribution in [0.3, 0.4) is 0 Å². The number of amides is 1. The molecule has 1 heterocycles. The lowest BCUT2D eigenvalue weighted by molar-refractivity contribution is -0.139. The van der Waals surface area contributed by atoms with Gasteiger partial charge in [-0.2, -0.15) is 0 Å². The lowest BCUT2D eigenvalue weighted by Gasteiger charge is -2.19. The van der Waals surface area contributed by atoms with Gasteiger partial charge in [0.15, 0.2) is 5.82 Å². The van der Waals surface area contributed by atoms with Crippen LogP contribution in [-0.2, 0) is 28.0 Å². The van der Waals surface area contributed by atoms with Gasteiger partial charge in [0.05, 0.1) is 0 Å². The number of ether oxygens (including phenoxy) is 1. The molecule has 4 rings (SSSR count). The third kappa shape index (κ3) is 7.03. The number of benzene rings is 3. The van der Waals surface area contributed by atoms with Crippen molar-refractivity contribution in [2.24, 2.45) is 0 Å². The second kappa shape index (κ2) is 11.7. The van der Waals surface area contributed by atoms with Gasteiger partial charge in [-0.15, -0.1) is 0 Å². The van der Waals surface area contributed by atoms with Gasteiger partial charge in [0.1, 0.15) is 12.6 Å². The summed E-state index contributed by atoms with van der Waals surface area (Å²) in [5, 5.41) is 12.0. The Morgan fingerprint density at radius 1 is 0.816 bits per heavy atom. The largest absolute Gasteiger partial charge is 0.480 e. The number of hydrogen-bond acceptors (Lipinski definition) is 5. The molecule has 2 N–H and O–H groups in total. The van der Waals surface area contributed by atoms with Crippen LogP contribution in [0, 0.1) is 0 Å². The van der Waals surface area contributed by atoms with Gasteiger partial charge in [0, 0.05) is 29.9 Å². The molecule has 0 fully saturated rings. The summed E-state index contributed by atoms with van der Waals surface area (Å²) in [5.74, 6) is -0.566. The van der Waals surface area contributed by atoms with Crippen molar-refractivity contribution >= 4 is 12.1 Å². The SMILES string of the molecule is CC(C)(C)c1ccc(-c2cnc(-c3ccc(CC(NC(=O)OCc4ccccc4)C(=O)O)cc3)nc2)cc1. The van der Waals surface area contributed by atoms with E-state index in [9.17, 15) is 14.7 Å². The number of rotatable bonds is 8. The summed E-state index contributed by atoms with van der Waals surface area (Å²) < 4.78 is 5.16. The molecule has 0 aliphatic carbocycles. The summed E-state index contributed by atoms with van der Waals surface area (Å²) >= 11 is 0. The van der Waals surface area contributed by atoms with Crippen molar-refractivity contribution in [3.05, 3.63) is 108 Å². The number of aliphatic carboxylic acids is 1. The van der Waals surface area contributed by atoms with E-state index in [1.807, 2.05) is 54.6 Å². The monoisotopic (exact) mass is 509 g/mol. The molecule has 0 radical (unpaired) electrons. The number of nitrogens with one attached hydrogen (secondary N) is 1. The molecule has 4 aromatic rings. The van der Waals surface area contributed by atoms with Gasteiger partial charge in [0.2, 0.25) is 0 Å². The van der Waals surface area contributed by atoms with E-state index >= 15 is 0 Å². The molecule has 1 amide bonds. The van der Waals surface area contributed by atoms with Crippen molar-refractivity contribution in [2.45, 2.75) is 45.3 Å². The number of carbonyl (C=O) groups is 2. The third-order valence-electron chi connectivity index (χ3n) is 6.19. The predicted molar refractivity (Wildman–Crippen MR) is 146 cm³/mol. The number of aromatic nitrogens is 2. The molecule has 7 heteroatoms. The van der Waals surface area contributed by atoms with Crippen molar-refractivity contribution in [1.29, 1.82) is 0 Å². The van der Waals surface area contributed by atoms with Crippen molar-refractivity contribution < 1.29 is 19.4 Å². The van der Waals surface area contributed by atoms with Crippen molar-refractivity contribution in [3.8, 4) is 22.5 Å². The molecule has 0 aliphatic heterocycles. The lowest BCUT2D eigenvalue weighted by atomic mass is 9.86. The quantitative estimate of drug-likeness (QED) is 0.301. The minimum absolute atomic E-state index is 0.0642. The first-order valence-electron chi connectivity index (χ1n) is 12.4. The fourth-order valence-electron chi connectivity index (χ4n) is 3.92. The van der Waals surface area contributed by atoms with Crippen molar-refractivity contribution in [1.82, 2.24) is 15.3 Å². The first kappa shape index (κ1) is 26.5. The van der Waals surface area contributed by atoms with Crippen LogP contribution in [0.2, 0.25) is 0 Å². The zero-order valence-electron chi connectivity index (χ0n) is 21.7. The van der Waals surface area contributed by atoms with Gasteiger partial charge in [-0.1, -0.05) is 99.6 Å². The number of carbonyl (C=O) groups excluding carboxylic acids is 1. The highest BCUT2D eigenvalue weighted by molar-refractivity contribution is 5.80. The normalized spacial score (nSPS) is 12.0. The minimum atomic E-state index is -1.14. The average Bonchev–Trinajstić information content (AvgIpc) is 2.92. The van der Waals surface area contributed by atoms with E-state index in [-0.39, 0.29) is 18.4 Å². The summed E-state index contributed by atoms with van der Waals surface area (Å²) in [6.07, 6.45) is 2.93. The minimum Gasteiger partial charge on any atom is -0.480 e. The van der Waals surface area contributed by atoms with Crippen LogP contribution < -0.4 is 5.32 Å². The highest BCUT2D eigenvalue weighted by Gasteiger charge is 2.21. The molecule has 0 spiro atoms. The molecule has 0 saturated carbocycles. The Morgan fingerprint density at radius 3 is 2.00 bits per heavy atom. The topological polar surface area (TPSA) is 101 Å². The number of carboxylic acid groups (broad SMARTS) is 1. The van der Waals surface area contributed by atoms with E-state index < -0.39 is 18.1 Å². The molecule has 1 aromatic heterocycles. The fraction of sp³-hybridized carbons (Fsp3) is 0.226. The molecule has 0 saturated heterocycles. The Kier molecular flexibility index (Phi) is 8.16. The van der Waals surface area contributed by atoms with Crippen LogP contribution in [0.25, 0.3) is 22.5 Å². The number of alkyl carbamates (subject to hydrolysis) is 1. The van der Waals surface area contributed by atoms with E-state index in [0.29, 0.717) is 5.82 Å². The van der Waals surface area contributed by atoms with Crippen LogP contribution >= 0.6 is 0 Å². The van der Waals surface area contributed by atoms with Gasteiger partial charge in [-0.05, 0) is 27.7 Å². The molecule has 1 atom stereocenters. The molecule has 3 aromatic carbocycles. The van der Waals surface area contributed by atoms with E-state index in [4.69, 9.17) is 4.74 Å². The van der Waals surface area contributed by atoms with Gasteiger partial charge >= 0.3 is 12.1 Å². The second-order valence-corrected chi connectivity index (χ2v) is 10.1. The molecule has 38 heavy (non-hydrogen) atoms. The third-order valence-corrected chi connectivity index (χ3v) is 6.19. The summed E-state index contributed by atoms with van der Waals surface area (Å²) in [6, 6.07) is 23.8. The highest BCUT2D eigenvalue weighted by Crippen LogP contribution is 2.26. The molecule has 194 valence electrons. The summed E-state index contributed by atoms with van der Waals surface area (Å²) in [7, 11) is 0. The lowest BCUT2D eigenvalue weighted by Crippen LogP contribution is -2.42. The second-order valence-electron chi connectivity index (χ2n) is 10.1. The molecule has 7 nitrogen and oxygen atoms in total. The maximum absolute atomic E-state index is 12.1. The van der Waals surface area contributed by atoms with Gasteiger partial charge < -0.3 is 15.2 Å². The van der Waals surface area contributed by atoms with E-state index in [1.54, 1.807) is 12.4 Å². The summed E-state index contributed by atoms with van der Waals surface area (Å²) in [4.78, 5) is 32.9. The van der Waals surface area contributed by atoms with Crippen molar-refractivity contribution in [2.75, 3.05) is 0 Å². The van der Waals surface area contributed by atoms with Crippen LogP contribution in [0.15, 0.2) is 91.3 Å². The van der Waals surface area contributed by atoms with Gasteiger partial charge in [-0.25, -0.2) is 19.6 Å². The van der Waals surface area contributed by atoms with Crippen molar-refractivity contribution in [3.63, 3.8) is 0 Å². The fourth-order valence-corrected chi connectivity index (χ4v) is 3.92. The van der Waals surface area contributed by atoms with E-state index in [0.717, 1.165) is 27.8 Å². The Hall–Kier alpha value is -4.52. The van der Waals surface area contributed by atoms with Crippen LogP contribution in [0.4, 0.5) is 4.79 Å². The highest BCUT2D eigenvalue weighted by atomic mass is 16.5. The molecular formula is C31H31N3O4. The molecule has 0 aliphatic rings. The molecule has 1 unspecified atom stereocenters. The van der Waals surface area contributed by atoms with E-state index in [1.165, 1.54) is 5.56 Å². The maximum Gasteiger partial charge on any atom is 0.408 e. The maximum atomic E-state index is 12.1. The first-order valence-corrected chi connectivity index (χ1v) is 12.4. The summed E-state index contributed by atoms with van der Waals surface area (Å²) in [5.41, 5.74) is 5.72. The van der Waals surface area contributed by atoms with Gasteiger partial charge in [-0.3, -0.25) is 0 Å². The zero-order chi connectivity index (χ0) is 27.1. The first-order chi connectivity index (χ1) is 18.2. The summed E-state index contributed by atoms with van der Waals surface area (Å²) in [6.45, 7) is 6.62. The zero-order valence-corrected chi connectivity index (χ0v) is 21.7. The average molecular weight is 510 g/mol. The standard InChI is InChI=1S/C31H31N3O4/c1-31(2,3)26-15-13-23(14-16-26)25-18-32-28(33-19-25)24-11-9-21(10-12-24)17-27(29(35)36)34-30(37)38-20-22-7-5-4-6-8-22/h4-16,18-19,27H,17,20H2,1-3H3,(H,34,37)(H,35,36). The van der Waals surface area contributed by atoms with Gasteiger partial charge in [0.25, 0.3) is 0 Å². The smallest absolute Gasteiger partial charge is 0.408 e.